The third-order valence-corrected chi connectivity index (χ3v) is 3.24. The summed E-state index contributed by atoms with van der Waals surface area (Å²) in [6.45, 7) is 1.99. The number of hydrogen-bond donors (Lipinski definition) is 2. The molecular formula is C16H17F3N2. The highest BCUT2D eigenvalue weighted by Crippen LogP contribution is 2.35. The van der Waals surface area contributed by atoms with Gasteiger partial charge in [-0.3, -0.25) is 0 Å². The first-order valence-corrected chi connectivity index (χ1v) is 6.61. The lowest BCUT2D eigenvalue weighted by Gasteiger charge is -2.22. The third kappa shape index (κ3) is 3.76. The lowest BCUT2D eigenvalue weighted by Crippen LogP contribution is -2.24. The molecule has 1 unspecified atom stereocenters. The number of nitrogens with one attached hydrogen (secondary N) is 1. The van der Waals surface area contributed by atoms with E-state index in [1.54, 1.807) is 6.07 Å². The van der Waals surface area contributed by atoms with Crippen LogP contribution in [0.2, 0.25) is 0 Å². The van der Waals surface area contributed by atoms with Crippen molar-refractivity contribution in [3.05, 3.63) is 65.2 Å². The number of halogens is 3. The molecule has 0 aromatic heterocycles. The van der Waals surface area contributed by atoms with Crippen LogP contribution in [0.15, 0.2) is 48.5 Å². The molecule has 0 bridgehead atoms. The fourth-order valence-corrected chi connectivity index (χ4v) is 2.26. The maximum atomic E-state index is 13.1. The third-order valence-electron chi connectivity index (χ3n) is 3.24. The van der Waals surface area contributed by atoms with Crippen LogP contribution >= 0.6 is 0 Å². The smallest absolute Gasteiger partial charge is 0.377 e. The van der Waals surface area contributed by atoms with Crippen molar-refractivity contribution in [2.24, 2.45) is 5.73 Å². The zero-order valence-corrected chi connectivity index (χ0v) is 11.6. The Morgan fingerprint density at radius 2 is 1.81 bits per heavy atom. The summed E-state index contributed by atoms with van der Waals surface area (Å²) in [6, 6.07) is 12.4. The van der Waals surface area contributed by atoms with Gasteiger partial charge >= 0.3 is 6.18 Å². The highest BCUT2D eigenvalue weighted by Gasteiger charge is 2.34. The van der Waals surface area contributed by atoms with E-state index in [-0.39, 0.29) is 12.1 Å². The van der Waals surface area contributed by atoms with E-state index >= 15 is 0 Å². The van der Waals surface area contributed by atoms with E-state index in [0.717, 1.165) is 17.3 Å². The van der Waals surface area contributed by atoms with Crippen LogP contribution in [-0.2, 0) is 6.18 Å². The zero-order chi connectivity index (χ0) is 15.5. The van der Waals surface area contributed by atoms with Crippen LogP contribution < -0.4 is 11.1 Å². The molecule has 0 aliphatic heterocycles. The molecule has 2 aromatic rings. The standard InChI is InChI=1S/C16H17F3N2/c1-11-5-4-6-12(9-11)21-15(10-20)13-7-2-3-8-14(13)16(17,18)19/h2-9,15,21H,10,20H2,1H3. The summed E-state index contributed by atoms with van der Waals surface area (Å²) < 4.78 is 39.2. The molecule has 0 aliphatic carbocycles. The average molecular weight is 294 g/mol. The van der Waals surface area contributed by atoms with Crippen molar-refractivity contribution < 1.29 is 13.2 Å². The maximum absolute atomic E-state index is 13.1. The molecule has 0 fully saturated rings. The largest absolute Gasteiger partial charge is 0.416 e. The van der Waals surface area contributed by atoms with Crippen LogP contribution in [0.4, 0.5) is 18.9 Å². The highest BCUT2D eigenvalue weighted by molar-refractivity contribution is 5.49. The Balaban J connectivity index is 2.34. The summed E-state index contributed by atoms with van der Waals surface area (Å²) in [5, 5.41) is 3.07. The molecule has 0 saturated carbocycles. The van der Waals surface area contributed by atoms with E-state index in [0.29, 0.717) is 0 Å². The second-order valence-electron chi connectivity index (χ2n) is 4.89. The van der Waals surface area contributed by atoms with E-state index in [2.05, 4.69) is 5.32 Å². The van der Waals surface area contributed by atoms with Gasteiger partial charge in [-0.2, -0.15) is 13.2 Å². The van der Waals surface area contributed by atoms with Crippen molar-refractivity contribution in [2.75, 3.05) is 11.9 Å². The Morgan fingerprint density at radius 3 is 2.43 bits per heavy atom. The minimum Gasteiger partial charge on any atom is -0.377 e. The van der Waals surface area contributed by atoms with E-state index in [1.807, 2.05) is 31.2 Å². The second kappa shape index (κ2) is 6.18. The summed E-state index contributed by atoms with van der Waals surface area (Å²) in [5.41, 5.74) is 6.96. The molecule has 112 valence electrons. The fourth-order valence-electron chi connectivity index (χ4n) is 2.26. The minimum atomic E-state index is -4.39. The van der Waals surface area contributed by atoms with Crippen LogP contribution in [-0.4, -0.2) is 6.54 Å². The van der Waals surface area contributed by atoms with Crippen molar-refractivity contribution in [3.8, 4) is 0 Å². The molecule has 0 radical (unpaired) electrons. The second-order valence-corrected chi connectivity index (χ2v) is 4.89. The fraction of sp³-hybridized carbons (Fsp3) is 0.250. The number of alkyl halides is 3. The molecule has 21 heavy (non-hydrogen) atoms. The van der Waals surface area contributed by atoms with E-state index in [1.165, 1.54) is 12.1 Å². The maximum Gasteiger partial charge on any atom is 0.416 e. The van der Waals surface area contributed by atoms with Crippen molar-refractivity contribution in [2.45, 2.75) is 19.1 Å². The molecule has 0 aliphatic rings. The van der Waals surface area contributed by atoms with E-state index < -0.39 is 17.8 Å². The molecule has 0 heterocycles. The number of hydrogen-bond acceptors (Lipinski definition) is 2. The topological polar surface area (TPSA) is 38.0 Å². The molecule has 0 spiro atoms. The molecule has 2 aromatic carbocycles. The summed E-state index contributed by atoms with van der Waals surface area (Å²) in [5.74, 6) is 0. The Bertz CT molecular complexity index is 608. The molecule has 2 rings (SSSR count). The molecule has 0 amide bonds. The first-order chi connectivity index (χ1) is 9.91. The molecule has 3 N–H and O–H groups in total. The number of anilines is 1. The van der Waals surface area contributed by atoms with Gasteiger partial charge in [-0.1, -0.05) is 30.3 Å². The Hall–Kier alpha value is -2.01. The van der Waals surface area contributed by atoms with Gasteiger partial charge in [0.25, 0.3) is 0 Å². The molecule has 2 nitrogen and oxygen atoms in total. The van der Waals surface area contributed by atoms with Gasteiger partial charge in [-0.25, -0.2) is 0 Å². The first kappa shape index (κ1) is 15.4. The van der Waals surface area contributed by atoms with Gasteiger partial charge in [-0.15, -0.1) is 0 Å². The Morgan fingerprint density at radius 1 is 1.10 bits per heavy atom. The van der Waals surface area contributed by atoms with Gasteiger partial charge in [0, 0.05) is 12.2 Å². The number of rotatable bonds is 4. The summed E-state index contributed by atoms with van der Waals surface area (Å²) in [7, 11) is 0. The zero-order valence-electron chi connectivity index (χ0n) is 11.6. The van der Waals surface area contributed by atoms with Crippen molar-refractivity contribution in [1.82, 2.24) is 0 Å². The van der Waals surface area contributed by atoms with Gasteiger partial charge in [0.15, 0.2) is 0 Å². The number of benzene rings is 2. The predicted octanol–water partition coefficient (Wildman–Crippen LogP) is 4.13. The minimum absolute atomic E-state index is 0.0705. The van der Waals surface area contributed by atoms with Crippen molar-refractivity contribution in [1.29, 1.82) is 0 Å². The lowest BCUT2D eigenvalue weighted by molar-refractivity contribution is -0.138. The summed E-state index contributed by atoms with van der Waals surface area (Å²) in [6.07, 6.45) is -4.39. The van der Waals surface area contributed by atoms with Crippen LogP contribution in [0, 0.1) is 6.92 Å². The SMILES string of the molecule is Cc1cccc(NC(CN)c2ccccc2C(F)(F)F)c1. The Kier molecular flexibility index (Phi) is 4.53. The highest BCUT2D eigenvalue weighted by atomic mass is 19.4. The Labute approximate surface area is 121 Å². The van der Waals surface area contributed by atoms with Crippen molar-refractivity contribution >= 4 is 5.69 Å². The first-order valence-electron chi connectivity index (χ1n) is 6.61. The van der Waals surface area contributed by atoms with E-state index in [4.69, 9.17) is 5.73 Å². The van der Waals surface area contributed by atoms with Crippen LogP contribution in [0.3, 0.4) is 0 Å². The molecule has 0 saturated heterocycles. The molecule has 1 atom stereocenters. The normalized spacial score (nSPS) is 13.0. The van der Waals surface area contributed by atoms with E-state index in [9.17, 15) is 13.2 Å². The number of nitrogens with two attached hydrogens (primary N) is 1. The summed E-state index contributed by atoms with van der Waals surface area (Å²) in [4.78, 5) is 0. The van der Waals surface area contributed by atoms with Gasteiger partial charge < -0.3 is 11.1 Å². The van der Waals surface area contributed by atoms with Gasteiger partial charge in [0.2, 0.25) is 0 Å². The van der Waals surface area contributed by atoms with Crippen LogP contribution in [0.1, 0.15) is 22.7 Å². The van der Waals surface area contributed by atoms with Crippen LogP contribution in [0.5, 0.6) is 0 Å². The number of aryl methyl sites for hydroxylation is 1. The van der Waals surface area contributed by atoms with Crippen LogP contribution in [0.25, 0.3) is 0 Å². The quantitative estimate of drug-likeness (QED) is 0.890. The van der Waals surface area contributed by atoms with Gasteiger partial charge in [0.05, 0.1) is 11.6 Å². The van der Waals surface area contributed by atoms with Gasteiger partial charge in [0.1, 0.15) is 0 Å². The predicted molar refractivity (Wildman–Crippen MR) is 78.0 cm³/mol. The monoisotopic (exact) mass is 294 g/mol. The molecular weight excluding hydrogens is 277 g/mol. The lowest BCUT2D eigenvalue weighted by atomic mass is 9.99. The molecule has 5 heteroatoms. The summed E-state index contributed by atoms with van der Waals surface area (Å²) >= 11 is 0. The van der Waals surface area contributed by atoms with Gasteiger partial charge in [-0.05, 0) is 36.2 Å². The average Bonchev–Trinajstić information content (AvgIpc) is 2.44. The van der Waals surface area contributed by atoms with Crippen molar-refractivity contribution in [3.63, 3.8) is 0 Å².